The summed E-state index contributed by atoms with van der Waals surface area (Å²) >= 11 is 0.952. The van der Waals surface area contributed by atoms with Gasteiger partial charge in [-0.2, -0.15) is 0 Å². The number of aliphatic hydroxyl groups excluding tert-OH is 3. The molecule has 1 aromatic carbocycles. The fourth-order valence-electron chi connectivity index (χ4n) is 1.94. The first-order valence-corrected chi connectivity index (χ1v) is 6.89. The number of hydrogen-bond donors (Lipinski definition) is 3. The third-order valence-corrected chi connectivity index (χ3v) is 4.33. The van der Waals surface area contributed by atoms with E-state index in [-0.39, 0.29) is 5.69 Å². The average Bonchev–Trinajstić information content (AvgIpc) is 2.43. The van der Waals surface area contributed by atoms with Crippen LogP contribution in [-0.2, 0) is 4.74 Å². The highest BCUT2D eigenvalue weighted by Gasteiger charge is 2.42. The highest BCUT2D eigenvalue weighted by atomic mass is 32.2. The van der Waals surface area contributed by atoms with Crippen molar-refractivity contribution in [2.75, 3.05) is 0 Å². The standard InChI is InChI=1S/C12H15NO6S/c1-6-9(14)10(15)11(16)12(19-6)20-8-5-3-2-4-7(8)13(17)18/h2-6,9-12,14-16H,1H3/t6-,9+,10-,11-,12-/m0/s1. The summed E-state index contributed by atoms with van der Waals surface area (Å²) in [5.74, 6) is 0. The van der Waals surface area contributed by atoms with Gasteiger partial charge in [-0.15, -0.1) is 0 Å². The van der Waals surface area contributed by atoms with E-state index in [1.807, 2.05) is 0 Å². The van der Waals surface area contributed by atoms with Gasteiger partial charge in [0, 0.05) is 6.07 Å². The van der Waals surface area contributed by atoms with Gasteiger partial charge in [-0.1, -0.05) is 23.9 Å². The third-order valence-electron chi connectivity index (χ3n) is 3.11. The van der Waals surface area contributed by atoms with Crippen LogP contribution in [0.5, 0.6) is 0 Å². The summed E-state index contributed by atoms with van der Waals surface area (Å²) in [5.41, 5.74) is -0.980. The van der Waals surface area contributed by atoms with E-state index in [2.05, 4.69) is 0 Å². The normalized spacial score (nSPS) is 33.9. The summed E-state index contributed by atoms with van der Waals surface area (Å²) in [6, 6.07) is 6.08. The summed E-state index contributed by atoms with van der Waals surface area (Å²) in [5, 5.41) is 40.1. The zero-order chi connectivity index (χ0) is 14.9. The zero-order valence-corrected chi connectivity index (χ0v) is 11.4. The van der Waals surface area contributed by atoms with Gasteiger partial charge in [0.25, 0.3) is 5.69 Å². The van der Waals surface area contributed by atoms with Crippen LogP contribution in [-0.4, -0.2) is 50.1 Å². The number of nitro groups is 1. The zero-order valence-electron chi connectivity index (χ0n) is 10.6. The molecular weight excluding hydrogens is 286 g/mol. The maximum Gasteiger partial charge on any atom is 0.282 e. The molecule has 1 aromatic rings. The minimum absolute atomic E-state index is 0.0958. The van der Waals surface area contributed by atoms with Crippen molar-refractivity contribution < 1.29 is 25.0 Å². The molecule has 8 heteroatoms. The largest absolute Gasteiger partial charge is 0.388 e. The number of aliphatic hydroxyl groups is 3. The molecular formula is C12H15NO6S. The van der Waals surface area contributed by atoms with Crippen LogP contribution in [0, 0.1) is 10.1 Å². The molecule has 0 radical (unpaired) electrons. The van der Waals surface area contributed by atoms with Gasteiger partial charge in [0.05, 0.1) is 15.9 Å². The van der Waals surface area contributed by atoms with Gasteiger partial charge in [0.1, 0.15) is 23.7 Å². The summed E-state index contributed by atoms with van der Waals surface area (Å²) in [7, 11) is 0. The average molecular weight is 301 g/mol. The molecule has 110 valence electrons. The molecule has 1 aliphatic rings. The smallest absolute Gasteiger partial charge is 0.282 e. The van der Waals surface area contributed by atoms with Crippen LogP contribution in [0.4, 0.5) is 5.69 Å². The molecule has 1 fully saturated rings. The van der Waals surface area contributed by atoms with E-state index >= 15 is 0 Å². The van der Waals surface area contributed by atoms with E-state index in [0.717, 1.165) is 11.8 Å². The molecule has 1 aliphatic heterocycles. The number of benzene rings is 1. The highest BCUT2D eigenvalue weighted by Crippen LogP contribution is 2.37. The van der Waals surface area contributed by atoms with Gasteiger partial charge in [-0.3, -0.25) is 10.1 Å². The molecule has 1 heterocycles. The van der Waals surface area contributed by atoms with Gasteiger partial charge in [-0.05, 0) is 13.0 Å². The van der Waals surface area contributed by atoms with Crippen molar-refractivity contribution >= 4 is 17.4 Å². The van der Waals surface area contributed by atoms with Gasteiger partial charge in [0.15, 0.2) is 0 Å². The van der Waals surface area contributed by atoms with E-state index in [4.69, 9.17) is 4.74 Å². The fourth-order valence-corrected chi connectivity index (χ4v) is 3.15. The van der Waals surface area contributed by atoms with Gasteiger partial charge in [-0.25, -0.2) is 0 Å². The quantitative estimate of drug-likeness (QED) is 0.551. The molecule has 0 bridgehead atoms. The predicted molar refractivity (Wildman–Crippen MR) is 71.3 cm³/mol. The summed E-state index contributed by atoms with van der Waals surface area (Å²) in [6.07, 6.45) is -4.54. The first-order chi connectivity index (χ1) is 9.41. The van der Waals surface area contributed by atoms with Crippen LogP contribution in [0.25, 0.3) is 0 Å². The maximum absolute atomic E-state index is 10.9. The van der Waals surface area contributed by atoms with Gasteiger partial charge >= 0.3 is 0 Å². The molecule has 1 saturated heterocycles. The molecule has 0 spiro atoms. The summed E-state index contributed by atoms with van der Waals surface area (Å²) in [4.78, 5) is 10.7. The fraction of sp³-hybridized carbons (Fsp3) is 0.500. The first-order valence-electron chi connectivity index (χ1n) is 6.01. The van der Waals surface area contributed by atoms with E-state index in [1.165, 1.54) is 6.07 Å². The number of thioether (sulfide) groups is 1. The molecule has 2 rings (SSSR count). The minimum Gasteiger partial charge on any atom is -0.388 e. The van der Waals surface area contributed by atoms with Gasteiger partial charge < -0.3 is 20.1 Å². The number of hydrogen-bond acceptors (Lipinski definition) is 7. The molecule has 0 aromatic heterocycles. The number of nitro benzene ring substituents is 1. The Bertz CT molecular complexity index is 499. The Morgan fingerprint density at radius 3 is 2.50 bits per heavy atom. The Morgan fingerprint density at radius 1 is 1.20 bits per heavy atom. The first kappa shape index (κ1) is 15.2. The van der Waals surface area contributed by atoms with E-state index in [0.29, 0.717) is 4.90 Å². The van der Waals surface area contributed by atoms with E-state index in [9.17, 15) is 25.4 Å². The summed E-state index contributed by atoms with van der Waals surface area (Å²) in [6.45, 7) is 1.56. The lowest BCUT2D eigenvalue weighted by atomic mass is 10.0. The second-order valence-electron chi connectivity index (χ2n) is 4.52. The lowest BCUT2D eigenvalue weighted by Crippen LogP contribution is -2.55. The van der Waals surface area contributed by atoms with Crippen molar-refractivity contribution in [3.05, 3.63) is 34.4 Å². The number of rotatable bonds is 3. The molecule has 0 amide bonds. The monoisotopic (exact) mass is 301 g/mol. The Kier molecular flexibility index (Phi) is 4.61. The number of nitrogens with zero attached hydrogens (tertiary/aromatic N) is 1. The Labute approximate surface area is 119 Å². The molecule has 0 aliphatic carbocycles. The highest BCUT2D eigenvalue weighted by molar-refractivity contribution is 8.00. The molecule has 0 unspecified atom stereocenters. The molecule has 0 saturated carbocycles. The lowest BCUT2D eigenvalue weighted by Gasteiger charge is -2.38. The predicted octanol–water partition coefficient (Wildman–Crippen LogP) is 0.514. The summed E-state index contributed by atoms with van der Waals surface area (Å²) < 4.78 is 5.40. The molecule has 20 heavy (non-hydrogen) atoms. The van der Waals surface area contributed by atoms with Crippen LogP contribution in [0.1, 0.15) is 6.92 Å². The number of para-hydroxylation sites is 1. The molecule has 5 atom stereocenters. The van der Waals surface area contributed by atoms with Crippen molar-refractivity contribution in [2.45, 2.75) is 41.7 Å². The van der Waals surface area contributed by atoms with Crippen LogP contribution >= 0.6 is 11.8 Å². The van der Waals surface area contributed by atoms with E-state index < -0.39 is 34.8 Å². The SMILES string of the molecule is C[C@@H]1O[C@@H](Sc2ccccc2[N+](=O)[O-])[C@@H](O)[C@@H](O)[C@@H]1O. The lowest BCUT2D eigenvalue weighted by molar-refractivity contribution is -0.387. The second kappa shape index (κ2) is 6.06. The topological polar surface area (TPSA) is 113 Å². The van der Waals surface area contributed by atoms with Crippen molar-refractivity contribution in [1.82, 2.24) is 0 Å². The van der Waals surface area contributed by atoms with Crippen molar-refractivity contribution in [3.63, 3.8) is 0 Å². The van der Waals surface area contributed by atoms with Crippen LogP contribution < -0.4 is 0 Å². The van der Waals surface area contributed by atoms with Crippen LogP contribution in [0.15, 0.2) is 29.2 Å². The minimum atomic E-state index is -1.35. The third kappa shape index (κ3) is 2.94. The Hall–Kier alpha value is -1.19. The number of ether oxygens (including phenoxy) is 1. The Balaban J connectivity index is 2.20. The Morgan fingerprint density at radius 2 is 1.85 bits per heavy atom. The van der Waals surface area contributed by atoms with Crippen molar-refractivity contribution in [1.29, 1.82) is 0 Å². The van der Waals surface area contributed by atoms with Gasteiger partial charge in [0.2, 0.25) is 0 Å². The second-order valence-corrected chi connectivity index (χ2v) is 5.66. The van der Waals surface area contributed by atoms with Crippen molar-refractivity contribution in [2.24, 2.45) is 0 Å². The maximum atomic E-state index is 10.9. The van der Waals surface area contributed by atoms with Crippen molar-refractivity contribution in [3.8, 4) is 0 Å². The van der Waals surface area contributed by atoms with E-state index in [1.54, 1.807) is 25.1 Å². The van der Waals surface area contributed by atoms with Crippen LogP contribution in [0.3, 0.4) is 0 Å². The van der Waals surface area contributed by atoms with Crippen LogP contribution in [0.2, 0.25) is 0 Å². The molecule has 7 nitrogen and oxygen atoms in total. The molecule has 3 N–H and O–H groups in total.